The van der Waals surface area contributed by atoms with Gasteiger partial charge in [0.2, 0.25) is 0 Å². The van der Waals surface area contributed by atoms with Gasteiger partial charge >= 0.3 is 0 Å². The first-order valence-corrected chi connectivity index (χ1v) is 8.18. The Morgan fingerprint density at radius 3 is 2.40 bits per heavy atom. The number of ether oxygens (including phenoxy) is 3. The van der Waals surface area contributed by atoms with E-state index in [0.29, 0.717) is 23.5 Å². The largest absolute Gasteiger partial charge is 0.507 e. The molecule has 3 rings (SSSR count). The number of carbonyl (C=O) groups is 1. The maximum absolute atomic E-state index is 13.0. The number of aromatic hydroxyl groups is 1. The van der Waals surface area contributed by atoms with Crippen molar-refractivity contribution in [1.82, 2.24) is 0 Å². The van der Waals surface area contributed by atoms with Gasteiger partial charge < -0.3 is 19.3 Å². The molecule has 0 spiro atoms. The number of ketones is 1. The van der Waals surface area contributed by atoms with Gasteiger partial charge in [-0.1, -0.05) is 12.1 Å². The van der Waals surface area contributed by atoms with E-state index in [1.54, 1.807) is 14.0 Å². The first-order valence-electron chi connectivity index (χ1n) is 8.18. The minimum absolute atomic E-state index is 0.0538. The lowest BCUT2D eigenvalue weighted by molar-refractivity contribution is 0.0824. The number of phenols is 1. The topological polar surface area (TPSA) is 65.0 Å². The van der Waals surface area contributed by atoms with Crippen LogP contribution in [0.3, 0.4) is 0 Å². The van der Waals surface area contributed by atoms with E-state index < -0.39 is 0 Å². The summed E-state index contributed by atoms with van der Waals surface area (Å²) in [7, 11) is 3.16. The number of hydrogen-bond donors (Lipinski definition) is 1. The standard InChI is InChI=1S/C20H22O5/c1-11-17(21)16-18(22)14(9-13-5-7-15(23-3)8-6-13)10-25-20(16)12(2)19(11)24-4/h5-8,14,21H,9-10H2,1-4H3. The maximum atomic E-state index is 13.0. The number of Topliss-reactive ketones (excluding diaryl/α,β-unsaturated/α-hetero) is 1. The van der Waals surface area contributed by atoms with Crippen LogP contribution in [0.4, 0.5) is 0 Å². The summed E-state index contributed by atoms with van der Waals surface area (Å²) in [4.78, 5) is 13.0. The van der Waals surface area contributed by atoms with Crippen molar-refractivity contribution in [3.05, 3.63) is 46.5 Å². The molecule has 5 heteroatoms. The lowest BCUT2D eigenvalue weighted by Gasteiger charge is -2.28. The Hall–Kier alpha value is -2.69. The van der Waals surface area contributed by atoms with Crippen molar-refractivity contribution in [1.29, 1.82) is 0 Å². The third-order valence-corrected chi connectivity index (χ3v) is 4.73. The minimum atomic E-state index is -0.334. The average Bonchev–Trinajstić information content (AvgIpc) is 2.62. The molecule has 0 radical (unpaired) electrons. The molecule has 0 saturated carbocycles. The van der Waals surface area contributed by atoms with Gasteiger partial charge in [-0.25, -0.2) is 0 Å². The number of carbonyl (C=O) groups excluding carboxylic acids is 1. The second-order valence-corrected chi connectivity index (χ2v) is 6.26. The number of hydrogen-bond acceptors (Lipinski definition) is 5. The van der Waals surface area contributed by atoms with Gasteiger partial charge in [0.05, 0.1) is 26.7 Å². The molecule has 5 nitrogen and oxygen atoms in total. The Morgan fingerprint density at radius 2 is 1.80 bits per heavy atom. The zero-order chi connectivity index (χ0) is 18.1. The van der Waals surface area contributed by atoms with Crippen molar-refractivity contribution in [3.63, 3.8) is 0 Å². The highest BCUT2D eigenvalue weighted by Crippen LogP contribution is 2.45. The van der Waals surface area contributed by atoms with E-state index in [2.05, 4.69) is 0 Å². The molecule has 1 atom stereocenters. The molecular formula is C20H22O5. The quantitative estimate of drug-likeness (QED) is 0.922. The molecule has 0 amide bonds. The zero-order valence-electron chi connectivity index (χ0n) is 14.9. The van der Waals surface area contributed by atoms with Crippen LogP contribution in [0.15, 0.2) is 24.3 Å². The number of benzene rings is 2. The summed E-state index contributed by atoms with van der Waals surface area (Å²) in [5.74, 6) is 1.27. The van der Waals surface area contributed by atoms with Gasteiger partial charge in [0, 0.05) is 11.1 Å². The van der Waals surface area contributed by atoms with E-state index >= 15 is 0 Å². The lowest BCUT2D eigenvalue weighted by Crippen LogP contribution is -2.30. The first kappa shape index (κ1) is 17.1. The second kappa shape index (κ2) is 6.67. The molecule has 1 N–H and O–H groups in total. The summed E-state index contributed by atoms with van der Waals surface area (Å²) in [5.41, 5.74) is 2.58. The van der Waals surface area contributed by atoms with E-state index in [0.717, 1.165) is 16.9 Å². The first-order chi connectivity index (χ1) is 12.0. The Labute approximate surface area is 147 Å². The van der Waals surface area contributed by atoms with Crippen molar-refractivity contribution in [2.24, 2.45) is 5.92 Å². The monoisotopic (exact) mass is 342 g/mol. The lowest BCUT2D eigenvalue weighted by atomic mass is 9.87. The Kier molecular flexibility index (Phi) is 4.57. The van der Waals surface area contributed by atoms with Gasteiger partial charge in [-0.3, -0.25) is 4.79 Å². The van der Waals surface area contributed by atoms with Crippen molar-refractivity contribution in [2.45, 2.75) is 20.3 Å². The fourth-order valence-electron chi connectivity index (χ4n) is 3.35. The highest BCUT2D eigenvalue weighted by molar-refractivity contribution is 6.05. The van der Waals surface area contributed by atoms with E-state index in [1.807, 2.05) is 31.2 Å². The molecule has 132 valence electrons. The summed E-state index contributed by atoms with van der Waals surface area (Å²) in [5, 5.41) is 10.5. The van der Waals surface area contributed by atoms with E-state index in [1.165, 1.54) is 7.11 Å². The molecule has 1 unspecified atom stereocenters. The van der Waals surface area contributed by atoms with Crippen molar-refractivity contribution < 1.29 is 24.1 Å². The Balaban J connectivity index is 1.93. The van der Waals surface area contributed by atoms with Gasteiger partial charge in [-0.05, 0) is 38.0 Å². The molecule has 0 aliphatic carbocycles. The highest BCUT2D eigenvalue weighted by atomic mass is 16.5. The van der Waals surface area contributed by atoms with Gasteiger partial charge in [-0.15, -0.1) is 0 Å². The second-order valence-electron chi connectivity index (χ2n) is 6.26. The molecule has 2 aromatic carbocycles. The number of phenolic OH excluding ortho intramolecular Hbond substituents is 1. The molecule has 1 aliphatic heterocycles. The van der Waals surface area contributed by atoms with Crippen LogP contribution >= 0.6 is 0 Å². The van der Waals surface area contributed by atoms with Crippen molar-refractivity contribution >= 4 is 5.78 Å². The Bertz CT molecular complexity index is 808. The number of methoxy groups -OCH3 is 2. The van der Waals surface area contributed by atoms with E-state index in [9.17, 15) is 9.90 Å². The predicted molar refractivity (Wildman–Crippen MR) is 94.1 cm³/mol. The van der Waals surface area contributed by atoms with E-state index in [4.69, 9.17) is 14.2 Å². The molecule has 1 aliphatic rings. The van der Waals surface area contributed by atoms with Gasteiger partial charge in [0.1, 0.15) is 28.6 Å². The molecule has 0 aromatic heterocycles. The SMILES string of the molecule is COc1ccc(CC2COc3c(C)c(OC)c(C)c(O)c3C2=O)cc1. The summed E-state index contributed by atoms with van der Waals surface area (Å²) in [6.45, 7) is 3.85. The smallest absolute Gasteiger partial charge is 0.177 e. The van der Waals surface area contributed by atoms with Gasteiger partial charge in [0.25, 0.3) is 0 Å². The van der Waals surface area contributed by atoms with Crippen LogP contribution in [0.2, 0.25) is 0 Å². The fraction of sp³-hybridized carbons (Fsp3) is 0.350. The van der Waals surface area contributed by atoms with Crippen LogP contribution in [-0.4, -0.2) is 31.7 Å². The highest BCUT2D eigenvalue weighted by Gasteiger charge is 2.35. The predicted octanol–water partition coefficient (Wildman–Crippen LogP) is 3.46. The normalized spacial score (nSPS) is 16.2. The summed E-state index contributed by atoms with van der Waals surface area (Å²) >= 11 is 0. The molecule has 0 saturated heterocycles. The third kappa shape index (κ3) is 2.90. The van der Waals surface area contributed by atoms with Crippen LogP contribution in [0, 0.1) is 19.8 Å². The molecule has 0 bridgehead atoms. The zero-order valence-corrected chi connectivity index (χ0v) is 14.9. The summed E-state index contributed by atoms with van der Waals surface area (Å²) < 4.78 is 16.3. The molecule has 25 heavy (non-hydrogen) atoms. The summed E-state index contributed by atoms with van der Waals surface area (Å²) in [6, 6.07) is 7.61. The number of fused-ring (bicyclic) bond motifs is 1. The maximum Gasteiger partial charge on any atom is 0.177 e. The molecule has 1 heterocycles. The number of rotatable bonds is 4. The van der Waals surface area contributed by atoms with Crippen LogP contribution in [0.5, 0.6) is 23.0 Å². The fourth-order valence-corrected chi connectivity index (χ4v) is 3.35. The minimum Gasteiger partial charge on any atom is -0.507 e. The molecule has 2 aromatic rings. The van der Waals surface area contributed by atoms with E-state index in [-0.39, 0.29) is 29.6 Å². The van der Waals surface area contributed by atoms with Crippen molar-refractivity contribution in [3.8, 4) is 23.0 Å². The van der Waals surface area contributed by atoms with Gasteiger partial charge in [-0.2, -0.15) is 0 Å². The van der Waals surface area contributed by atoms with Crippen LogP contribution in [0.1, 0.15) is 27.0 Å². The third-order valence-electron chi connectivity index (χ3n) is 4.73. The molecule has 0 fully saturated rings. The van der Waals surface area contributed by atoms with Crippen LogP contribution in [0.25, 0.3) is 0 Å². The average molecular weight is 342 g/mol. The van der Waals surface area contributed by atoms with Gasteiger partial charge in [0.15, 0.2) is 5.78 Å². The summed E-state index contributed by atoms with van der Waals surface area (Å²) in [6.07, 6.45) is 0.547. The van der Waals surface area contributed by atoms with Crippen LogP contribution in [-0.2, 0) is 6.42 Å². The van der Waals surface area contributed by atoms with Crippen LogP contribution < -0.4 is 14.2 Å². The Morgan fingerprint density at radius 1 is 1.12 bits per heavy atom. The molecular weight excluding hydrogens is 320 g/mol. The van der Waals surface area contributed by atoms with Crippen molar-refractivity contribution in [2.75, 3.05) is 20.8 Å².